The Balaban J connectivity index is 0.00000245. The van der Waals surface area contributed by atoms with Crippen molar-refractivity contribution < 1.29 is 4.74 Å². The van der Waals surface area contributed by atoms with Crippen LogP contribution in [-0.2, 0) is 0 Å². The van der Waals surface area contributed by atoms with Crippen LogP contribution in [0.5, 0.6) is 5.75 Å². The second-order valence-electron chi connectivity index (χ2n) is 7.94. The van der Waals surface area contributed by atoms with E-state index in [1.165, 1.54) is 0 Å². The summed E-state index contributed by atoms with van der Waals surface area (Å²) in [5.74, 6) is 1.26. The molecule has 32 heavy (non-hydrogen) atoms. The van der Waals surface area contributed by atoms with Crippen molar-refractivity contribution in [1.29, 1.82) is 0 Å². The number of methoxy groups -OCH3 is 1. The molecule has 1 saturated heterocycles. The van der Waals surface area contributed by atoms with E-state index in [0.29, 0.717) is 5.95 Å². The van der Waals surface area contributed by atoms with Crippen LogP contribution in [-0.4, -0.2) is 58.3 Å². The summed E-state index contributed by atoms with van der Waals surface area (Å²) in [4.78, 5) is 11.7. The molecular formula is C22H27ClN8O. The van der Waals surface area contributed by atoms with Crippen molar-refractivity contribution in [2.24, 2.45) is 0 Å². The Morgan fingerprint density at radius 2 is 1.94 bits per heavy atom. The van der Waals surface area contributed by atoms with Gasteiger partial charge in [-0.25, -0.2) is 14.6 Å². The Morgan fingerprint density at radius 1 is 1.12 bits per heavy atom. The van der Waals surface area contributed by atoms with E-state index in [1.54, 1.807) is 7.11 Å². The first-order valence-corrected chi connectivity index (χ1v) is 10.6. The van der Waals surface area contributed by atoms with Crippen molar-refractivity contribution in [2.75, 3.05) is 43.5 Å². The fourth-order valence-electron chi connectivity index (χ4n) is 3.96. The number of fused-ring (bicyclic) bond motifs is 3. The van der Waals surface area contributed by atoms with Gasteiger partial charge in [-0.05, 0) is 38.1 Å². The minimum atomic E-state index is 0. The number of nitrogens with one attached hydrogen (secondary N) is 2. The van der Waals surface area contributed by atoms with E-state index >= 15 is 0 Å². The average Bonchev–Trinajstić information content (AvgIpc) is 3.25. The minimum absolute atomic E-state index is 0. The third-order valence-corrected chi connectivity index (χ3v) is 5.59. The van der Waals surface area contributed by atoms with Gasteiger partial charge >= 0.3 is 0 Å². The highest BCUT2D eigenvalue weighted by Crippen LogP contribution is 2.32. The van der Waals surface area contributed by atoms with Crippen molar-refractivity contribution in [3.05, 3.63) is 36.5 Å². The Hall–Kier alpha value is -3.17. The summed E-state index contributed by atoms with van der Waals surface area (Å²) in [6.45, 7) is 8.11. The molecule has 0 amide bonds. The lowest BCUT2D eigenvalue weighted by molar-refractivity contribution is 0.416. The molecule has 1 aliphatic heterocycles. The predicted molar refractivity (Wildman–Crippen MR) is 130 cm³/mol. The first-order valence-electron chi connectivity index (χ1n) is 10.6. The zero-order valence-corrected chi connectivity index (χ0v) is 19.2. The van der Waals surface area contributed by atoms with Crippen LogP contribution in [0, 0.1) is 0 Å². The van der Waals surface area contributed by atoms with E-state index in [4.69, 9.17) is 9.72 Å². The van der Waals surface area contributed by atoms with Gasteiger partial charge in [0, 0.05) is 55.6 Å². The number of ether oxygens (including phenoxy) is 1. The van der Waals surface area contributed by atoms with Gasteiger partial charge in [0.25, 0.3) is 0 Å². The normalized spacial score (nSPS) is 14.1. The van der Waals surface area contributed by atoms with Crippen molar-refractivity contribution in [3.63, 3.8) is 0 Å². The molecular weight excluding hydrogens is 428 g/mol. The van der Waals surface area contributed by atoms with Gasteiger partial charge < -0.3 is 20.3 Å². The standard InChI is InChI=1S/C22H26N8O.ClH/c1-14(2)30-21-18(27-28-30)6-4-15-13-24-22(26-20(15)21)25-17-7-5-16(12-19(17)31-3)29-10-8-23-9-11-29;/h4-7,12-14,23H,8-11H2,1-3H3,(H,24,25,26);1H. The zero-order chi connectivity index (χ0) is 21.4. The molecule has 1 fully saturated rings. The third kappa shape index (κ3) is 4.01. The van der Waals surface area contributed by atoms with Gasteiger partial charge in [-0.3, -0.25) is 0 Å². The summed E-state index contributed by atoms with van der Waals surface area (Å²) in [5, 5.41) is 16.2. The molecule has 2 N–H and O–H groups in total. The van der Waals surface area contributed by atoms with Gasteiger partial charge in [-0.2, -0.15) is 0 Å². The lowest BCUT2D eigenvalue weighted by Crippen LogP contribution is -2.43. The van der Waals surface area contributed by atoms with Crippen molar-refractivity contribution >= 4 is 51.7 Å². The molecule has 0 atom stereocenters. The van der Waals surface area contributed by atoms with E-state index in [0.717, 1.165) is 65.2 Å². The molecule has 0 radical (unpaired) electrons. The summed E-state index contributed by atoms with van der Waals surface area (Å²) in [7, 11) is 1.68. The number of hydrogen-bond acceptors (Lipinski definition) is 8. The molecule has 0 spiro atoms. The SMILES string of the molecule is COc1cc(N2CCNCC2)ccc1Nc1ncc2ccc3nnn(C(C)C)c3c2n1.Cl. The van der Waals surface area contributed by atoms with E-state index in [2.05, 4.69) is 56.8 Å². The number of anilines is 3. The molecule has 1 aliphatic rings. The highest BCUT2D eigenvalue weighted by Gasteiger charge is 2.16. The summed E-state index contributed by atoms with van der Waals surface area (Å²) >= 11 is 0. The lowest BCUT2D eigenvalue weighted by Gasteiger charge is -2.30. The Morgan fingerprint density at radius 3 is 2.69 bits per heavy atom. The van der Waals surface area contributed by atoms with Crippen LogP contribution >= 0.6 is 12.4 Å². The molecule has 5 rings (SSSR count). The number of piperazine rings is 1. The lowest BCUT2D eigenvalue weighted by atomic mass is 10.2. The van der Waals surface area contributed by atoms with Gasteiger partial charge in [-0.1, -0.05) is 5.21 Å². The summed E-state index contributed by atoms with van der Waals surface area (Å²) in [5.41, 5.74) is 4.54. The molecule has 2 aromatic heterocycles. The average molecular weight is 455 g/mol. The van der Waals surface area contributed by atoms with Crippen molar-refractivity contribution in [3.8, 4) is 5.75 Å². The van der Waals surface area contributed by atoms with E-state index in [9.17, 15) is 0 Å². The maximum Gasteiger partial charge on any atom is 0.227 e. The molecule has 0 saturated carbocycles. The van der Waals surface area contributed by atoms with Crippen LogP contribution in [0.2, 0.25) is 0 Å². The van der Waals surface area contributed by atoms with Gasteiger partial charge in [0.1, 0.15) is 22.3 Å². The number of hydrogen-bond donors (Lipinski definition) is 2. The molecule has 3 heterocycles. The van der Waals surface area contributed by atoms with Crippen molar-refractivity contribution in [2.45, 2.75) is 19.9 Å². The number of aromatic nitrogens is 5. The number of halogens is 1. The highest BCUT2D eigenvalue weighted by molar-refractivity contribution is 6.01. The second kappa shape index (κ2) is 9.13. The third-order valence-electron chi connectivity index (χ3n) is 5.59. The van der Waals surface area contributed by atoms with Crippen molar-refractivity contribution in [1.82, 2.24) is 30.3 Å². The molecule has 9 nitrogen and oxygen atoms in total. The molecule has 0 aliphatic carbocycles. The van der Waals surface area contributed by atoms with E-state index in [-0.39, 0.29) is 18.4 Å². The fraction of sp³-hybridized carbons (Fsp3) is 0.364. The quantitative estimate of drug-likeness (QED) is 0.473. The van der Waals surface area contributed by atoms with Crippen LogP contribution in [0.3, 0.4) is 0 Å². The molecule has 168 valence electrons. The van der Waals surface area contributed by atoms with Gasteiger partial charge in [0.2, 0.25) is 5.95 Å². The maximum atomic E-state index is 5.66. The first kappa shape index (κ1) is 22.0. The van der Waals surface area contributed by atoms with Gasteiger partial charge in [-0.15, -0.1) is 17.5 Å². The molecule has 2 aromatic carbocycles. The monoisotopic (exact) mass is 454 g/mol. The molecule has 4 aromatic rings. The van der Waals surface area contributed by atoms with Crippen LogP contribution in [0.4, 0.5) is 17.3 Å². The van der Waals surface area contributed by atoms with Crippen LogP contribution < -0.4 is 20.3 Å². The highest BCUT2D eigenvalue weighted by atomic mass is 35.5. The topological polar surface area (TPSA) is 93.0 Å². The van der Waals surface area contributed by atoms with Crippen LogP contribution in [0.15, 0.2) is 36.5 Å². The van der Waals surface area contributed by atoms with E-state index < -0.39 is 0 Å². The Bertz CT molecular complexity index is 1240. The smallest absolute Gasteiger partial charge is 0.227 e. The maximum absolute atomic E-state index is 5.66. The molecule has 10 heteroatoms. The second-order valence-corrected chi connectivity index (χ2v) is 7.94. The molecule has 0 bridgehead atoms. The summed E-state index contributed by atoms with van der Waals surface area (Å²) < 4.78 is 7.56. The number of benzene rings is 2. The largest absolute Gasteiger partial charge is 0.494 e. The number of rotatable bonds is 5. The van der Waals surface area contributed by atoms with Crippen LogP contribution in [0.1, 0.15) is 19.9 Å². The minimum Gasteiger partial charge on any atom is -0.494 e. The van der Waals surface area contributed by atoms with Crippen LogP contribution in [0.25, 0.3) is 21.9 Å². The van der Waals surface area contributed by atoms with Gasteiger partial charge in [0.15, 0.2) is 0 Å². The Kier molecular flexibility index (Phi) is 6.29. The first-order chi connectivity index (χ1) is 15.1. The van der Waals surface area contributed by atoms with Gasteiger partial charge in [0.05, 0.1) is 12.8 Å². The van der Waals surface area contributed by atoms with E-state index in [1.807, 2.05) is 29.1 Å². The fourth-order valence-corrected chi connectivity index (χ4v) is 3.96. The predicted octanol–water partition coefficient (Wildman–Crippen LogP) is 3.54. The number of nitrogens with zero attached hydrogens (tertiary/aromatic N) is 6. The zero-order valence-electron chi connectivity index (χ0n) is 18.4. The summed E-state index contributed by atoms with van der Waals surface area (Å²) in [6, 6.07) is 10.3. The Labute approximate surface area is 192 Å². The summed E-state index contributed by atoms with van der Waals surface area (Å²) in [6.07, 6.45) is 1.82. The molecule has 0 unspecified atom stereocenters.